The number of hydrogen-bond acceptors (Lipinski definition) is 6. The summed E-state index contributed by atoms with van der Waals surface area (Å²) < 4.78 is 40.9. The topological polar surface area (TPSA) is 54.8 Å². The summed E-state index contributed by atoms with van der Waals surface area (Å²) in [5.41, 5.74) is 0. The predicted molar refractivity (Wildman–Crippen MR) is 71.1 cm³/mol. The summed E-state index contributed by atoms with van der Waals surface area (Å²) in [6, 6.07) is 1.76. The molecule has 0 saturated carbocycles. The molecule has 0 spiro atoms. The van der Waals surface area contributed by atoms with Crippen molar-refractivity contribution in [2.75, 3.05) is 18.0 Å². The third-order valence-electron chi connectivity index (χ3n) is 3.39. The molecular weight excluding hydrogens is 303 g/mol. The van der Waals surface area contributed by atoms with Crippen LogP contribution < -0.4 is 4.90 Å². The lowest BCUT2D eigenvalue weighted by Crippen LogP contribution is -2.33. The summed E-state index contributed by atoms with van der Waals surface area (Å²) in [6.07, 6.45) is 0.519. The Bertz CT molecular complexity index is 592. The van der Waals surface area contributed by atoms with Crippen LogP contribution in [0.15, 0.2) is 18.5 Å². The molecule has 0 amide bonds. The molecule has 3 heterocycles. The Kier molecular flexibility index (Phi) is 3.75. The van der Waals surface area contributed by atoms with E-state index < -0.39 is 12.0 Å². The van der Waals surface area contributed by atoms with Crippen molar-refractivity contribution < 1.29 is 13.2 Å². The van der Waals surface area contributed by atoms with Gasteiger partial charge in [0.15, 0.2) is 0 Å². The van der Waals surface area contributed by atoms with Crippen molar-refractivity contribution in [1.82, 2.24) is 19.3 Å². The molecule has 2 aromatic heterocycles. The first-order valence-electron chi connectivity index (χ1n) is 6.47. The Morgan fingerprint density at radius 1 is 1.14 bits per heavy atom. The van der Waals surface area contributed by atoms with Gasteiger partial charge in [-0.25, -0.2) is 9.97 Å². The molecule has 0 atom stereocenters. The van der Waals surface area contributed by atoms with Gasteiger partial charge in [-0.2, -0.15) is 22.5 Å². The van der Waals surface area contributed by atoms with Crippen molar-refractivity contribution in [2.45, 2.75) is 24.9 Å². The normalized spacial score (nSPS) is 17.2. The van der Waals surface area contributed by atoms with Crippen LogP contribution in [-0.2, 0) is 6.18 Å². The lowest BCUT2D eigenvalue weighted by molar-refractivity contribution is -0.144. The molecule has 5 nitrogen and oxygen atoms in total. The van der Waals surface area contributed by atoms with Crippen molar-refractivity contribution in [3.63, 3.8) is 0 Å². The van der Waals surface area contributed by atoms with Gasteiger partial charge in [0.2, 0.25) is 11.0 Å². The van der Waals surface area contributed by atoms with Crippen LogP contribution in [-0.4, -0.2) is 32.4 Å². The maximum atomic E-state index is 12.5. The third kappa shape index (κ3) is 3.12. The average Bonchev–Trinajstić information content (AvgIpc) is 2.98. The van der Waals surface area contributed by atoms with Gasteiger partial charge in [-0.05, 0) is 18.9 Å². The average molecular weight is 315 g/mol. The molecule has 9 heteroatoms. The van der Waals surface area contributed by atoms with Crippen LogP contribution in [0.25, 0.3) is 0 Å². The van der Waals surface area contributed by atoms with Gasteiger partial charge in [0.1, 0.15) is 5.82 Å². The van der Waals surface area contributed by atoms with Crippen molar-refractivity contribution in [1.29, 1.82) is 0 Å². The zero-order valence-corrected chi connectivity index (χ0v) is 11.7. The third-order valence-corrected chi connectivity index (χ3v) is 4.16. The highest BCUT2D eigenvalue weighted by Gasteiger charge is 2.37. The van der Waals surface area contributed by atoms with Crippen molar-refractivity contribution in [3.8, 4) is 0 Å². The van der Waals surface area contributed by atoms with Crippen LogP contribution >= 0.6 is 11.5 Å². The maximum absolute atomic E-state index is 12.5. The van der Waals surface area contributed by atoms with Gasteiger partial charge in [0.25, 0.3) is 0 Å². The van der Waals surface area contributed by atoms with Crippen LogP contribution in [0.2, 0.25) is 0 Å². The smallest absolute Gasteiger partial charge is 0.347 e. The Morgan fingerprint density at radius 3 is 2.38 bits per heavy atom. The fraction of sp³-hybridized carbons (Fsp3) is 0.500. The van der Waals surface area contributed by atoms with E-state index in [2.05, 4.69) is 19.3 Å². The lowest BCUT2D eigenvalue weighted by Gasteiger charge is -2.30. The molecular formula is C12H12F3N5S. The highest BCUT2D eigenvalue weighted by Crippen LogP contribution is 2.33. The van der Waals surface area contributed by atoms with E-state index in [0.717, 1.165) is 30.2 Å². The van der Waals surface area contributed by atoms with Gasteiger partial charge >= 0.3 is 6.18 Å². The molecule has 0 aromatic carbocycles. The molecule has 0 N–H and O–H groups in total. The summed E-state index contributed by atoms with van der Waals surface area (Å²) in [6.45, 7) is 1.27. The highest BCUT2D eigenvalue weighted by molar-refractivity contribution is 7.09. The molecule has 0 unspecified atom stereocenters. The number of hydrogen-bond donors (Lipinski definition) is 0. The molecule has 2 aromatic rings. The van der Waals surface area contributed by atoms with E-state index in [-0.39, 0.29) is 5.92 Å². The minimum absolute atomic E-state index is 0.248. The minimum Gasteiger partial charge on any atom is -0.347 e. The minimum atomic E-state index is -4.48. The molecule has 0 radical (unpaired) electrons. The summed E-state index contributed by atoms with van der Waals surface area (Å²) in [5.74, 6) is -0.0149. The predicted octanol–water partition coefficient (Wildman–Crippen LogP) is 2.73. The number of nitrogens with zero attached hydrogens (tertiary/aromatic N) is 5. The SMILES string of the molecule is FC(F)(F)c1nsc(N2CCC(c3ncccn3)CC2)n1. The first kappa shape index (κ1) is 14.2. The summed E-state index contributed by atoms with van der Waals surface area (Å²) in [5, 5.41) is 0.328. The van der Waals surface area contributed by atoms with Gasteiger partial charge in [-0.3, -0.25) is 0 Å². The van der Waals surface area contributed by atoms with Crippen molar-refractivity contribution >= 4 is 16.7 Å². The number of alkyl halides is 3. The molecule has 1 fully saturated rings. The number of rotatable bonds is 2. The van der Waals surface area contributed by atoms with Crippen LogP contribution in [0.5, 0.6) is 0 Å². The molecule has 21 heavy (non-hydrogen) atoms. The summed E-state index contributed by atoms with van der Waals surface area (Å²) in [4.78, 5) is 13.9. The molecule has 0 aliphatic carbocycles. The first-order chi connectivity index (χ1) is 10.0. The van der Waals surface area contributed by atoms with Crippen molar-refractivity contribution in [2.24, 2.45) is 0 Å². The van der Waals surface area contributed by atoms with E-state index in [1.165, 1.54) is 0 Å². The van der Waals surface area contributed by atoms with Gasteiger partial charge in [-0.15, -0.1) is 0 Å². The van der Waals surface area contributed by atoms with Crippen LogP contribution in [0.3, 0.4) is 0 Å². The van der Waals surface area contributed by atoms with E-state index in [0.29, 0.717) is 18.2 Å². The Morgan fingerprint density at radius 2 is 1.81 bits per heavy atom. The van der Waals surface area contributed by atoms with E-state index in [1.807, 2.05) is 4.90 Å². The summed E-state index contributed by atoms with van der Waals surface area (Å²) in [7, 11) is 0. The van der Waals surface area contributed by atoms with E-state index in [9.17, 15) is 13.2 Å². The second kappa shape index (κ2) is 5.55. The molecule has 0 bridgehead atoms. The van der Waals surface area contributed by atoms with E-state index in [1.54, 1.807) is 18.5 Å². The zero-order chi connectivity index (χ0) is 14.9. The van der Waals surface area contributed by atoms with E-state index >= 15 is 0 Å². The Balaban J connectivity index is 1.65. The standard InChI is InChI=1S/C12H12F3N5S/c13-12(14,15)10-18-11(21-19-10)20-6-2-8(3-7-20)9-16-4-1-5-17-9/h1,4-5,8H,2-3,6-7H2. The first-order valence-corrected chi connectivity index (χ1v) is 7.24. The lowest BCUT2D eigenvalue weighted by atomic mass is 9.96. The van der Waals surface area contributed by atoms with Gasteiger partial charge < -0.3 is 4.90 Å². The van der Waals surface area contributed by atoms with Crippen LogP contribution in [0.4, 0.5) is 18.3 Å². The Hall–Kier alpha value is -1.77. The van der Waals surface area contributed by atoms with Gasteiger partial charge in [0, 0.05) is 42.9 Å². The van der Waals surface area contributed by atoms with Crippen LogP contribution in [0.1, 0.15) is 30.4 Å². The largest absolute Gasteiger partial charge is 0.452 e. The molecule has 1 aliphatic rings. The van der Waals surface area contributed by atoms with Crippen molar-refractivity contribution in [3.05, 3.63) is 30.1 Å². The van der Waals surface area contributed by atoms with Gasteiger partial charge in [-0.1, -0.05) is 0 Å². The highest BCUT2D eigenvalue weighted by atomic mass is 32.1. The fourth-order valence-corrected chi connectivity index (χ4v) is 3.05. The number of anilines is 1. The fourth-order valence-electron chi connectivity index (χ4n) is 2.31. The number of aromatic nitrogens is 4. The van der Waals surface area contributed by atoms with Gasteiger partial charge in [0.05, 0.1) is 0 Å². The monoisotopic (exact) mass is 315 g/mol. The molecule has 112 valence electrons. The number of halogens is 3. The second-order valence-electron chi connectivity index (χ2n) is 4.77. The molecule has 3 rings (SSSR count). The molecule has 1 saturated heterocycles. The molecule has 1 aliphatic heterocycles. The second-order valence-corrected chi connectivity index (χ2v) is 5.50. The number of piperidine rings is 1. The maximum Gasteiger partial charge on any atom is 0.452 e. The Labute approximate surface area is 123 Å². The van der Waals surface area contributed by atoms with Crippen LogP contribution in [0, 0.1) is 0 Å². The zero-order valence-electron chi connectivity index (χ0n) is 10.9. The quantitative estimate of drug-likeness (QED) is 0.853. The van der Waals surface area contributed by atoms with E-state index in [4.69, 9.17) is 0 Å². The summed E-state index contributed by atoms with van der Waals surface area (Å²) >= 11 is 0.794.